The average Bonchev–Trinajstić information content (AvgIpc) is 2.73. The van der Waals surface area contributed by atoms with Crippen molar-refractivity contribution in [3.8, 4) is 0 Å². The van der Waals surface area contributed by atoms with Crippen molar-refractivity contribution >= 4 is 5.97 Å². The molecule has 1 aliphatic rings. The molecule has 1 unspecified atom stereocenters. The molecule has 1 aromatic rings. The van der Waals surface area contributed by atoms with E-state index in [0.717, 1.165) is 0 Å². The van der Waals surface area contributed by atoms with Gasteiger partial charge >= 0.3 is 5.97 Å². The van der Waals surface area contributed by atoms with Gasteiger partial charge in [0.2, 0.25) is 0 Å². The molecule has 1 aromatic carbocycles. The quantitative estimate of drug-likeness (QED) is 0.732. The lowest BCUT2D eigenvalue weighted by Crippen LogP contribution is -2.28. The van der Waals surface area contributed by atoms with Gasteiger partial charge in [-0.15, -0.1) is 0 Å². The fourth-order valence-corrected chi connectivity index (χ4v) is 1.76. The number of nitrogens with one attached hydrogen (secondary N) is 1. The Morgan fingerprint density at radius 1 is 1.44 bits per heavy atom. The van der Waals surface area contributed by atoms with Gasteiger partial charge in [0.15, 0.2) is 0 Å². The maximum atomic E-state index is 11.6. The van der Waals surface area contributed by atoms with Crippen LogP contribution in [0.3, 0.4) is 0 Å². The molecular formula is C12H15NO3. The molecule has 4 heteroatoms. The highest BCUT2D eigenvalue weighted by Gasteiger charge is 2.23. The third-order valence-corrected chi connectivity index (χ3v) is 2.62. The summed E-state index contributed by atoms with van der Waals surface area (Å²) in [7, 11) is 0. The number of carbonyl (C=O) groups excluding carboxylic acids is 1. The first-order valence-corrected chi connectivity index (χ1v) is 5.39. The highest BCUT2D eigenvalue weighted by molar-refractivity contribution is 5.89. The first-order valence-electron chi connectivity index (χ1n) is 5.39. The molecule has 0 radical (unpaired) electrons. The van der Waals surface area contributed by atoms with Gasteiger partial charge in [-0.1, -0.05) is 18.2 Å². The van der Waals surface area contributed by atoms with Crippen LogP contribution in [-0.4, -0.2) is 36.4 Å². The molecular weight excluding hydrogens is 206 g/mol. The van der Waals surface area contributed by atoms with Gasteiger partial charge in [0.25, 0.3) is 0 Å². The lowest BCUT2D eigenvalue weighted by atomic mass is 10.2. The largest absolute Gasteiger partial charge is 0.460 e. The van der Waals surface area contributed by atoms with Gasteiger partial charge in [0, 0.05) is 12.6 Å². The number of hydrogen-bond acceptors (Lipinski definition) is 4. The van der Waals surface area contributed by atoms with Gasteiger partial charge in [-0.05, 0) is 18.6 Å². The number of carbonyl (C=O) groups is 1. The molecule has 0 amide bonds. The molecule has 0 spiro atoms. The molecule has 1 fully saturated rings. The Morgan fingerprint density at radius 2 is 2.19 bits per heavy atom. The zero-order valence-electron chi connectivity index (χ0n) is 8.93. The fourth-order valence-electron chi connectivity index (χ4n) is 1.76. The van der Waals surface area contributed by atoms with Crippen molar-refractivity contribution in [1.29, 1.82) is 0 Å². The molecule has 0 bridgehead atoms. The Labute approximate surface area is 94.2 Å². The smallest absolute Gasteiger partial charge is 0.338 e. The van der Waals surface area contributed by atoms with Crippen LogP contribution in [0.5, 0.6) is 0 Å². The lowest BCUT2D eigenvalue weighted by molar-refractivity contribution is 0.0467. The molecule has 0 aliphatic carbocycles. The molecule has 1 heterocycles. The molecule has 0 saturated carbocycles. The van der Waals surface area contributed by atoms with E-state index in [-0.39, 0.29) is 18.1 Å². The summed E-state index contributed by atoms with van der Waals surface area (Å²) in [6, 6.07) is 8.97. The van der Waals surface area contributed by atoms with Gasteiger partial charge in [-0.3, -0.25) is 0 Å². The van der Waals surface area contributed by atoms with Crippen LogP contribution in [0.4, 0.5) is 0 Å². The molecule has 1 aliphatic heterocycles. The summed E-state index contributed by atoms with van der Waals surface area (Å²) in [5, 5.41) is 12.4. The number of aliphatic hydroxyl groups is 1. The summed E-state index contributed by atoms with van der Waals surface area (Å²) in [5.41, 5.74) is 0.557. The van der Waals surface area contributed by atoms with Crippen LogP contribution >= 0.6 is 0 Å². The maximum absolute atomic E-state index is 11.6. The molecule has 86 valence electrons. The van der Waals surface area contributed by atoms with Gasteiger partial charge < -0.3 is 15.2 Å². The number of rotatable bonds is 3. The Kier molecular flexibility index (Phi) is 3.54. The zero-order valence-corrected chi connectivity index (χ0v) is 8.93. The summed E-state index contributed by atoms with van der Waals surface area (Å²) < 4.78 is 5.15. The molecule has 1 saturated heterocycles. The van der Waals surface area contributed by atoms with Crippen molar-refractivity contribution in [2.24, 2.45) is 0 Å². The number of hydrogen-bond donors (Lipinski definition) is 2. The molecule has 2 atom stereocenters. The van der Waals surface area contributed by atoms with Crippen molar-refractivity contribution < 1.29 is 14.6 Å². The second kappa shape index (κ2) is 5.09. The Bertz CT molecular complexity index is 353. The van der Waals surface area contributed by atoms with Gasteiger partial charge in [-0.25, -0.2) is 4.79 Å². The van der Waals surface area contributed by atoms with Crippen LogP contribution in [-0.2, 0) is 4.74 Å². The minimum Gasteiger partial charge on any atom is -0.460 e. The van der Waals surface area contributed by atoms with E-state index in [9.17, 15) is 9.90 Å². The number of β-amino-alcohol motifs (C(OH)–C–C–N with tert-alkyl or cyclic N) is 1. The maximum Gasteiger partial charge on any atom is 0.338 e. The third-order valence-electron chi connectivity index (χ3n) is 2.62. The van der Waals surface area contributed by atoms with Crippen molar-refractivity contribution in [3.63, 3.8) is 0 Å². The predicted molar refractivity (Wildman–Crippen MR) is 59.1 cm³/mol. The van der Waals surface area contributed by atoms with Crippen LogP contribution in [0.25, 0.3) is 0 Å². The molecule has 4 nitrogen and oxygen atoms in total. The number of esters is 1. The third kappa shape index (κ3) is 2.81. The van der Waals surface area contributed by atoms with Gasteiger partial charge in [-0.2, -0.15) is 0 Å². The van der Waals surface area contributed by atoms with Crippen LogP contribution in [0.2, 0.25) is 0 Å². The summed E-state index contributed by atoms with van der Waals surface area (Å²) in [4.78, 5) is 11.6. The summed E-state index contributed by atoms with van der Waals surface area (Å²) in [6.07, 6.45) is 0.322. The first-order chi connectivity index (χ1) is 7.75. The normalized spacial score (nSPS) is 24.3. The van der Waals surface area contributed by atoms with E-state index >= 15 is 0 Å². The van der Waals surface area contributed by atoms with E-state index in [1.807, 2.05) is 6.07 Å². The average molecular weight is 221 g/mol. The minimum absolute atomic E-state index is 0.0719. The molecule has 2 rings (SSSR count). The zero-order chi connectivity index (χ0) is 11.4. The first kappa shape index (κ1) is 11.1. The Morgan fingerprint density at radius 3 is 2.81 bits per heavy atom. The van der Waals surface area contributed by atoms with Gasteiger partial charge in [0.05, 0.1) is 11.7 Å². The van der Waals surface area contributed by atoms with E-state index < -0.39 is 0 Å². The van der Waals surface area contributed by atoms with Gasteiger partial charge in [0.1, 0.15) is 6.61 Å². The summed E-state index contributed by atoms with van der Waals surface area (Å²) >= 11 is 0. The molecule has 0 aromatic heterocycles. The van der Waals surface area contributed by atoms with Crippen LogP contribution in [0, 0.1) is 0 Å². The van der Waals surface area contributed by atoms with E-state index in [1.165, 1.54) is 0 Å². The molecule has 2 N–H and O–H groups in total. The van der Waals surface area contributed by atoms with E-state index in [4.69, 9.17) is 4.74 Å². The second-order valence-electron chi connectivity index (χ2n) is 3.96. The number of aliphatic hydroxyl groups excluding tert-OH is 1. The fraction of sp³-hybridized carbons (Fsp3) is 0.417. The minimum atomic E-state index is -0.319. The summed E-state index contributed by atoms with van der Waals surface area (Å²) in [6.45, 7) is 0.887. The molecule has 16 heavy (non-hydrogen) atoms. The number of benzene rings is 1. The van der Waals surface area contributed by atoms with E-state index in [0.29, 0.717) is 25.1 Å². The highest BCUT2D eigenvalue weighted by atomic mass is 16.5. The van der Waals surface area contributed by atoms with Crippen LogP contribution in [0.1, 0.15) is 16.8 Å². The van der Waals surface area contributed by atoms with Crippen molar-refractivity contribution in [2.45, 2.75) is 18.6 Å². The van der Waals surface area contributed by atoms with Crippen LogP contribution in [0.15, 0.2) is 30.3 Å². The van der Waals surface area contributed by atoms with Crippen molar-refractivity contribution in [1.82, 2.24) is 5.32 Å². The van der Waals surface area contributed by atoms with Crippen molar-refractivity contribution in [2.75, 3.05) is 13.2 Å². The van der Waals surface area contributed by atoms with E-state index in [2.05, 4.69) is 5.32 Å². The monoisotopic (exact) mass is 221 g/mol. The van der Waals surface area contributed by atoms with E-state index in [1.54, 1.807) is 24.3 Å². The second-order valence-corrected chi connectivity index (χ2v) is 3.96. The SMILES string of the molecule is O=C(OCC1C[C@H](O)CN1)c1ccccc1. The Balaban J connectivity index is 1.80. The highest BCUT2D eigenvalue weighted by Crippen LogP contribution is 2.08. The Hall–Kier alpha value is -1.39. The predicted octanol–water partition coefficient (Wildman–Crippen LogP) is 0.566. The van der Waals surface area contributed by atoms with Crippen molar-refractivity contribution in [3.05, 3.63) is 35.9 Å². The standard InChI is InChI=1S/C12H15NO3/c14-11-6-10(13-7-11)8-16-12(15)9-4-2-1-3-5-9/h1-5,10-11,13-14H,6-8H2/t10?,11-/m0/s1. The van der Waals surface area contributed by atoms with Crippen LogP contribution < -0.4 is 5.32 Å². The summed E-state index contributed by atoms with van der Waals surface area (Å²) in [5.74, 6) is -0.316. The number of ether oxygens (including phenoxy) is 1. The lowest BCUT2D eigenvalue weighted by Gasteiger charge is -2.10. The topological polar surface area (TPSA) is 58.6 Å².